The van der Waals surface area contributed by atoms with E-state index in [0.717, 1.165) is 38.8 Å². The molecule has 0 radical (unpaired) electrons. The molecule has 1 N–H and O–H groups in total. The molecule has 1 aliphatic rings. The van der Waals surface area contributed by atoms with Crippen LogP contribution >= 0.6 is 15.9 Å². The van der Waals surface area contributed by atoms with Crippen LogP contribution in [0.4, 0.5) is 5.69 Å². The molecule has 0 unspecified atom stereocenters. The first-order valence-corrected chi connectivity index (χ1v) is 10.9. The second kappa shape index (κ2) is 9.92. The third kappa shape index (κ3) is 5.60. The van der Waals surface area contributed by atoms with Crippen LogP contribution < -0.4 is 10.1 Å². The largest absolute Gasteiger partial charge is 0.490 e. The van der Waals surface area contributed by atoms with Crippen molar-refractivity contribution >= 4 is 33.4 Å². The number of ether oxygens (including phenoxy) is 1. The molecule has 3 rings (SSSR count). The maximum absolute atomic E-state index is 13.0. The maximum atomic E-state index is 13.0. The van der Waals surface area contributed by atoms with Gasteiger partial charge in [-0.05, 0) is 73.0 Å². The minimum atomic E-state index is -0.266. The van der Waals surface area contributed by atoms with Crippen LogP contribution in [0.2, 0.25) is 0 Å². The highest BCUT2D eigenvalue weighted by Crippen LogP contribution is 2.28. The van der Waals surface area contributed by atoms with Gasteiger partial charge in [0, 0.05) is 18.7 Å². The normalized spacial score (nSPS) is 14.4. The number of anilines is 1. The van der Waals surface area contributed by atoms with E-state index in [1.54, 1.807) is 30.3 Å². The molecule has 5 nitrogen and oxygen atoms in total. The highest BCUT2D eigenvalue weighted by atomic mass is 79.9. The van der Waals surface area contributed by atoms with Gasteiger partial charge in [0.15, 0.2) is 0 Å². The summed E-state index contributed by atoms with van der Waals surface area (Å²) in [5, 5.41) is 2.90. The monoisotopic (exact) mass is 458 g/mol. The van der Waals surface area contributed by atoms with Gasteiger partial charge >= 0.3 is 0 Å². The second-order valence-electron chi connectivity index (χ2n) is 7.52. The van der Waals surface area contributed by atoms with Crippen LogP contribution in [0, 0.1) is 0 Å². The second-order valence-corrected chi connectivity index (χ2v) is 8.37. The van der Waals surface area contributed by atoms with Crippen molar-refractivity contribution in [3.05, 3.63) is 58.1 Å². The zero-order valence-electron chi connectivity index (χ0n) is 16.9. The summed E-state index contributed by atoms with van der Waals surface area (Å²) in [4.78, 5) is 27.7. The number of para-hydroxylation sites is 1. The fourth-order valence-corrected chi connectivity index (χ4v) is 3.88. The standard InChI is InChI=1S/C23H27BrN2O3/c1-16(2)29-21-12-11-17(15-19(21)24)22(27)25-20-10-6-5-9-18(20)23(28)26-13-7-3-4-8-14-26/h5-6,9-12,15-16H,3-4,7-8,13-14H2,1-2H3,(H,25,27). The Bertz CT molecular complexity index is 874. The number of nitrogens with zero attached hydrogens (tertiary/aromatic N) is 1. The molecule has 154 valence electrons. The molecular formula is C23H27BrN2O3. The van der Waals surface area contributed by atoms with E-state index in [9.17, 15) is 9.59 Å². The molecule has 1 fully saturated rings. The van der Waals surface area contributed by atoms with E-state index in [4.69, 9.17) is 4.74 Å². The summed E-state index contributed by atoms with van der Waals surface area (Å²) in [6, 6.07) is 12.4. The number of halogens is 1. The highest BCUT2D eigenvalue weighted by Gasteiger charge is 2.21. The van der Waals surface area contributed by atoms with Gasteiger partial charge in [-0.15, -0.1) is 0 Å². The number of benzene rings is 2. The Morgan fingerprint density at radius 3 is 2.38 bits per heavy atom. The van der Waals surface area contributed by atoms with Crippen LogP contribution in [0.1, 0.15) is 60.2 Å². The summed E-state index contributed by atoms with van der Waals surface area (Å²) in [5.74, 6) is 0.399. The first kappa shape index (κ1) is 21.4. The van der Waals surface area contributed by atoms with Crippen molar-refractivity contribution < 1.29 is 14.3 Å². The van der Waals surface area contributed by atoms with Gasteiger partial charge in [0.05, 0.1) is 21.8 Å². The number of rotatable bonds is 5. The van der Waals surface area contributed by atoms with Crippen LogP contribution in [-0.4, -0.2) is 35.9 Å². The Morgan fingerprint density at radius 1 is 1.03 bits per heavy atom. The van der Waals surface area contributed by atoms with Gasteiger partial charge < -0.3 is 15.0 Å². The Kier molecular flexibility index (Phi) is 7.31. The van der Waals surface area contributed by atoms with Crippen LogP contribution in [-0.2, 0) is 0 Å². The van der Waals surface area contributed by atoms with Gasteiger partial charge in [-0.25, -0.2) is 0 Å². The van der Waals surface area contributed by atoms with Crippen molar-refractivity contribution in [2.45, 2.75) is 45.6 Å². The third-order valence-electron chi connectivity index (χ3n) is 4.86. The van der Waals surface area contributed by atoms with Gasteiger partial charge in [-0.3, -0.25) is 9.59 Å². The van der Waals surface area contributed by atoms with Crippen molar-refractivity contribution in [3.8, 4) is 5.75 Å². The van der Waals surface area contributed by atoms with E-state index in [1.807, 2.05) is 30.9 Å². The molecule has 2 aromatic carbocycles. The van der Waals surface area contributed by atoms with Crippen molar-refractivity contribution in [1.82, 2.24) is 4.90 Å². The summed E-state index contributed by atoms with van der Waals surface area (Å²) in [6.45, 7) is 5.44. The fraction of sp³-hybridized carbons (Fsp3) is 0.391. The van der Waals surface area contributed by atoms with Crippen molar-refractivity contribution in [1.29, 1.82) is 0 Å². The average molecular weight is 459 g/mol. The molecule has 0 bridgehead atoms. The number of likely N-dealkylation sites (tertiary alicyclic amines) is 1. The average Bonchev–Trinajstić information content (AvgIpc) is 2.98. The molecular weight excluding hydrogens is 432 g/mol. The zero-order chi connectivity index (χ0) is 20.8. The van der Waals surface area contributed by atoms with Gasteiger partial charge in [-0.1, -0.05) is 25.0 Å². The highest BCUT2D eigenvalue weighted by molar-refractivity contribution is 9.10. The molecule has 0 spiro atoms. The molecule has 2 aromatic rings. The van der Waals surface area contributed by atoms with Crippen LogP contribution in [0.25, 0.3) is 0 Å². The number of carbonyl (C=O) groups is 2. The van der Waals surface area contributed by atoms with Crippen molar-refractivity contribution in [2.75, 3.05) is 18.4 Å². The molecule has 0 saturated carbocycles. The van der Waals surface area contributed by atoms with Gasteiger partial charge in [-0.2, -0.15) is 0 Å². The lowest BCUT2D eigenvalue weighted by molar-refractivity contribution is 0.0762. The first-order valence-electron chi connectivity index (χ1n) is 10.1. The third-order valence-corrected chi connectivity index (χ3v) is 5.48. The minimum Gasteiger partial charge on any atom is -0.490 e. The summed E-state index contributed by atoms with van der Waals surface area (Å²) in [6.07, 6.45) is 4.42. The summed E-state index contributed by atoms with van der Waals surface area (Å²) in [7, 11) is 0. The number of hydrogen-bond acceptors (Lipinski definition) is 3. The molecule has 0 atom stereocenters. The zero-order valence-corrected chi connectivity index (χ0v) is 18.5. The molecule has 1 heterocycles. The Morgan fingerprint density at radius 2 is 1.72 bits per heavy atom. The predicted octanol–water partition coefficient (Wildman–Crippen LogP) is 5.50. The lowest BCUT2D eigenvalue weighted by atomic mass is 10.1. The lowest BCUT2D eigenvalue weighted by Gasteiger charge is -2.22. The quantitative estimate of drug-likeness (QED) is 0.642. The number of nitrogens with one attached hydrogen (secondary N) is 1. The van der Waals surface area contributed by atoms with E-state index < -0.39 is 0 Å². The molecule has 2 amide bonds. The molecule has 1 aliphatic heterocycles. The first-order chi connectivity index (χ1) is 14.0. The van der Waals surface area contributed by atoms with Gasteiger partial charge in [0.1, 0.15) is 5.75 Å². The Hall–Kier alpha value is -2.34. The minimum absolute atomic E-state index is 0.0235. The van der Waals surface area contributed by atoms with Gasteiger partial charge in [0.2, 0.25) is 0 Å². The summed E-state index contributed by atoms with van der Waals surface area (Å²) >= 11 is 3.46. The Balaban J connectivity index is 1.77. The number of hydrogen-bond donors (Lipinski definition) is 1. The van der Waals surface area contributed by atoms with Crippen LogP contribution in [0.3, 0.4) is 0 Å². The van der Waals surface area contributed by atoms with E-state index in [1.165, 1.54) is 0 Å². The fourth-order valence-electron chi connectivity index (χ4n) is 3.41. The van der Waals surface area contributed by atoms with Crippen molar-refractivity contribution in [3.63, 3.8) is 0 Å². The predicted molar refractivity (Wildman–Crippen MR) is 119 cm³/mol. The van der Waals surface area contributed by atoms with E-state index in [-0.39, 0.29) is 17.9 Å². The molecule has 1 saturated heterocycles. The molecule has 0 aliphatic carbocycles. The lowest BCUT2D eigenvalue weighted by Crippen LogP contribution is -2.32. The van der Waals surface area contributed by atoms with E-state index in [2.05, 4.69) is 21.2 Å². The smallest absolute Gasteiger partial charge is 0.255 e. The Labute approximate surface area is 180 Å². The van der Waals surface area contributed by atoms with Crippen LogP contribution in [0.15, 0.2) is 46.9 Å². The molecule has 0 aromatic heterocycles. The topological polar surface area (TPSA) is 58.6 Å². The molecule has 6 heteroatoms. The SMILES string of the molecule is CC(C)Oc1ccc(C(=O)Nc2ccccc2C(=O)N2CCCCCC2)cc1Br. The summed E-state index contributed by atoms with van der Waals surface area (Å²) in [5.41, 5.74) is 1.55. The van der Waals surface area contributed by atoms with Crippen molar-refractivity contribution in [2.24, 2.45) is 0 Å². The van der Waals surface area contributed by atoms with Gasteiger partial charge in [0.25, 0.3) is 11.8 Å². The number of carbonyl (C=O) groups excluding carboxylic acids is 2. The summed E-state index contributed by atoms with van der Waals surface area (Å²) < 4.78 is 6.41. The maximum Gasteiger partial charge on any atom is 0.255 e. The van der Waals surface area contributed by atoms with E-state index >= 15 is 0 Å². The molecule has 29 heavy (non-hydrogen) atoms. The van der Waals surface area contributed by atoms with Crippen LogP contribution in [0.5, 0.6) is 5.75 Å². The van der Waals surface area contributed by atoms with E-state index in [0.29, 0.717) is 27.0 Å². The number of amides is 2.